The highest BCUT2D eigenvalue weighted by Crippen LogP contribution is 2.29. The van der Waals surface area contributed by atoms with Gasteiger partial charge in [-0.15, -0.1) is 0 Å². The Hall–Kier alpha value is -2.22. The lowest BCUT2D eigenvalue weighted by Gasteiger charge is -2.33. The average molecular weight is 294 g/mol. The van der Waals surface area contributed by atoms with E-state index in [4.69, 9.17) is 10.5 Å². The third-order valence-corrected chi connectivity index (χ3v) is 3.72. The van der Waals surface area contributed by atoms with Gasteiger partial charge in [0, 0.05) is 19.8 Å². The van der Waals surface area contributed by atoms with Crippen molar-refractivity contribution in [3.63, 3.8) is 0 Å². The van der Waals surface area contributed by atoms with Crippen molar-refractivity contribution < 1.29 is 14.5 Å². The quantitative estimate of drug-likeness (QED) is 0.634. The maximum Gasteiger partial charge on any atom is 0.300 e. The zero-order valence-electron chi connectivity index (χ0n) is 11.8. The molecule has 0 aromatic carbocycles. The number of carbonyl (C=O) groups is 1. The Labute approximate surface area is 121 Å². The molecule has 114 valence electrons. The van der Waals surface area contributed by atoms with Crippen molar-refractivity contribution in [3.05, 3.63) is 27.9 Å². The summed E-state index contributed by atoms with van der Waals surface area (Å²) in [6.07, 6.45) is 2.68. The number of nitrogens with zero attached hydrogens (tertiary/aromatic N) is 2. The van der Waals surface area contributed by atoms with E-state index in [9.17, 15) is 14.9 Å². The Morgan fingerprint density at radius 2 is 2.24 bits per heavy atom. The van der Waals surface area contributed by atoms with Crippen LogP contribution in [0.2, 0.25) is 0 Å². The molecule has 21 heavy (non-hydrogen) atoms. The van der Waals surface area contributed by atoms with E-state index in [-0.39, 0.29) is 22.5 Å². The Morgan fingerprint density at radius 3 is 2.86 bits per heavy atom. The van der Waals surface area contributed by atoms with Crippen LogP contribution in [0.15, 0.2) is 12.3 Å². The number of carbonyl (C=O) groups excluding carboxylic acids is 1. The summed E-state index contributed by atoms with van der Waals surface area (Å²) in [7, 11) is 0. The fourth-order valence-electron chi connectivity index (χ4n) is 2.22. The molecule has 8 heteroatoms. The molecular weight excluding hydrogens is 276 g/mol. The molecule has 1 amide bonds. The molecule has 0 radical (unpaired) electrons. The summed E-state index contributed by atoms with van der Waals surface area (Å²) >= 11 is 0. The minimum absolute atomic E-state index is 0.0543. The van der Waals surface area contributed by atoms with Crippen molar-refractivity contribution in [2.24, 2.45) is 5.41 Å². The zero-order chi connectivity index (χ0) is 15.5. The first kappa shape index (κ1) is 15.2. The van der Waals surface area contributed by atoms with Crippen LogP contribution in [0.25, 0.3) is 0 Å². The SMILES string of the molecule is CC1(CNC(=O)c2cc(N)ncc2[N+](=O)[O-])CCOCC1. The van der Waals surface area contributed by atoms with Gasteiger partial charge in [0.1, 0.15) is 17.6 Å². The lowest BCUT2D eigenvalue weighted by molar-refractivity contribution is -0.385. The summed E-state index contributed by atoms with van der Waals surface area (Å²) < 4.78 is 5.30. The number of anilines is 1. The molecule has 8 nitrogen and oxygen atoms in total. The number of pyridine rings is 1. The predicted molar refractivity (Wildman–Crippen MR) is 75.8 cm³/mol. The van der Waals surface area contributed by atoms with E-state index in [1.54, 1.807) is 0 Å². The van der Waals surface area contributed by atoms with Crippen molar-refractivity contribution in [2.75, 3.05) is 25.5 Å². The Kier molecular flexibility index (Phi) is 4.37. The Morgan fingerprint density at radius 1 is 1.57 bits per heavy atom. The second-order valence-electron chi connectivity index (χ2n) is 5.49. The van der Waals surface area contributed by atoms with Crippen molar-refractivity contribution in [1.82, 2.24) is 10.3 Å². The van der Waals surface area contributed by atoms with Gasteiger partial charge in [0.25, 0.3) is 11.6 Å². The minimum atomic E-state index is -0.641. The van der Waals surface area contributed by atoms with Gasteiger partial charge >= 0.3 is 0 Å². The monoisotopic (exact) mass is 294 g/mol. The summed E-state index contributed by atoms with van der Waals surface area (Å²) in [5.74, 6) is -0.438. The van der Waals surface area contributed by atoms with E-state index in [1.807, 2.05) is 0 Å². The highest BCUT2D eigenvalue weighted by atomic mass is 16.6. The molecular formula is C13H18N4O4. The van der Waals surface area contributed by atoms with Gasteiger partial charge in [0.05, 0.1) is 4.92 Å². The van der Waals surface area contributed by atoms with Gasteiger partial charge in [0.15, 0.2) is 0 Å². The number of nitrogens with one attached hydrogen (secondary N) is 1. The first-order valence-electron chi connectivity index (χ1n) is 6.67. The van der Waals surface area contributed by atoms with Crippen LogP contribution in [0, 0.1) is 15.5 Å². The van der Waals surface area contributed by atoms with Gasteiger partial charge in [-0.2, -0.15) is 0 Å². The molecule has 1 aliphatic heterocycles. The highest BCUT2D eigenvalue weighted by Gasteiger charge is 2.29. The number of ether oxygens (including phenoxy) is 1. The van der Waals surface area contributed by atoms with Gasteiger partial charge in [-0.3, -0.25) is 14.9 Å². The number of hydrogen-bond donors (Lipinski definition) is 2. The average Bonchev–Trinajstić information content (AvgIpc) is 2.45. The summed E-state index contributed by atoms with van der Waals surface area (Å²) in [5, 5.41) is 13.7. The molecule has 2 heterocycles. The fourth-order valence-corrected chi connectivity index (χ4v) is 2.22. The third kappa shape index (κ3) is 3.66. The second-order valence-corrected chi connectivity index (χ2v) is 5.49. The molecule has 1 saturated heterocycles. The van der Waals surface area contributed by atoms with E-state index in [0.29, 0.717) is 19.8 Å². The Balaban J connectivity index is 2.09. The van der Waals surface area contributed by atoms with Gasteiger partial charge in [0.2, 0.25) is 0 Å². The van der Waals surface area contributed by atoms with E-state index in [2.05, 4.69) is 17.2 Å². The van der Waals surface area contributed by atoms with Gasteiger partial charge in [-0.25, -0.2) is 4.98 Å². The van der Waals surface area contributed by atoms with E-state index in [1.165, 1.54) is 6.07 Å². The maximum absolute atomic E-state index is 12.2. The standard InChI is InChI=1S/C13H18N4O4/c1-13(2-4-21-5-3-13)8-16-12(18)9-6-11(14)15-7-10(9)17(19)20/h6-7H,2-5,8H2,1H3,(H2,14,15)(H,16,18). The molecule has 0 unspecified atom stereocenters. The zero-order valence-corrected chi connectivity index (χ0v) is 11.8. The van der Waals surface area contributed by atoms with Crippen LogP contribution in [0.4, 0.5) is 11.5 Å². The minimum Gasteiger partial charge on any atom is -0.384 e. The van der Waals surface area contributed by atoms with Crippen molar-refractivity contribution >= 4 is 17.4 Å². The number of nitrogen functional groups attached to an aromatic ring is 1. The predicted octanol–water partition coefficient (Wildman–Crippen LogP) is 1.12. The number of aromatic nitrogens is 1. The molecule has 0 bridgehead atoms. The summed E-state index contributed by atoms with van der Waals surface area (Å²) in [5.41, 5.74) is 5.03. The van der Waals surface area contributed by atoms with Crippen LogP contribution >= 0.6 is 0 Å². The first-order chi connectivity index (χ1) is 9.91. The summed E-state index contributed by atoms with van der Waals surface area (Å²) in [6, 6.07) is 1.22. The van der Waals surface area contributed by atoms with Gasteiger partial charge in [-0.1, -0.05) is 6.92 Å². The third-order valence-electron chi connectivity index (χ3n) is 3.72. The number of hydrogen-bond acceptors (Lipinski definition) is 6. The van der Waals surface area contributed by atoms with Crippen molar-refractivity contribution in [2.45, 2.75) is 19.8 Å². The van der Waals surface area contributed by atoms with E-state index < -0.39 is 10.8 Å². The smallest absolute Gasteiger partial charge is 0.300 e. The van der Waals surface area contributed by atoms with Crippen LogP contribution in [-0.4, -0.2) is 35.6 Å². The molecule has 0 saturated carbocycles. The van der Waals surface area contributed by atoms with Crippen LogP contribution in [0.5, 0.6) is 0 Å². The molecule has 3 N–H and O–H groups in total. The Bertz CT molecular complexity index is 555. The number of nitro groups is 1. The van der Waals surface area contributed by atoms with Crippen LogP contribution in [0.1, 0.15) is 30.1 Å². The summed E-state index contributed by atoms with van der Waals surface area (Å²) in [6.45, 7) is 3.82. The molecule has 2 rings (SSSR count). The second kappa shape index (κ2) is 6.04. The molecule has 1 aromatic rings. The molecule has 1 fully saturated rings. The molecule has 1 aliphatic rings. The summed E-state index contributed by atoms with van der Waals surface area (Å²) in [4.78, 5) is 26.1. The molecule has 0 atom stereocenters. The van der Waals surface area contributed by atoms with Crippen LogP contribution < -0.4 is 11.1 Å². The fraction of sp³-hybridized carbons (Fsp3) is 0.538. The maximum atomic E-state index is 12.2. The topological polar surface area (TPSA) is 120 Å². The normalized spacial score (nSPS) is 17.2. The molecule has 0 aliphatic carbocycles. The number of rotatable bonds is 4. The highest BCUT2D eigenvalue weighted by molar-refractivity contribution is 5.98. The largest absolute Gasteiger partial charge is 0.384 e. The number of nitrogens with two attached hydrogens (primary N) is 1. The lowest BCUT2D eigenvalue weighted by atomic mass is 9.82. The molecule has 1 aromatic heterocycles. The van der Waals surface area contributed by atoms with E-state index >= 15 is 0 Å². The number of amides is 1. The van der Waals surface area contributed by atoms with E-state index in [0.717, 1.165) is 19.0 Å². The van der Waals surface area contributed by atoms with Crippen molar-refractivity contribution in [3.8, 4) is 0 Å². The van der Waals surface area contributed by atoms with Gasteiger partial charge < -0.3 is 15.8 Å². The molecule has 0 spiro atoms. The first-order valence-corrected chi connectivity index (χ1v) is 6.67. The van der Waals surface area contributed by atoms with Crippen LogP contribution in [-0.2, 0) is 4.74 Å². The van der Waals surface area contributed by atoms with Gasteiger partial charge in [-0.05, 0) is 24.3 Å². The van der Waals surface area contributed by atoms with Crippen LogP contribution in [0.3, 0.4) is 0 Å². The lowest BCUT2D eigenvalue weighted by Crippen LogP contribution is -2.39. The van der Waals surface area contributed by atoms with Crippen molar-refractivity contribution in [1.29, 1.82) is 0 Å².